The van der Waals surface area contributed by atoms with Crippen LogP contribution in [0, 0.1) is 0 Å². The van der Waals surface area contributed by atoms with E-state index in [1.807, 2.05) is 0 Å². The number of hydrogen-bond acceptors (Lipinski definition) is 0. The second-order valence-electron chi connectivity index (χ2n) is 9.44. The van der Waals surface area contributed by atoms with E-state index in [1.54, 1.807) is 0 Å². The van der Waals surface area contributed by atoms with Gasteiger partial charge in [0.05, 0.1) is 0 Å². The number of benzene rings is 6. The molecule has 174 valence electrons. The average molecular weight is 463 g/mol. The largest absolute Gasteiger partial charge is 0.0622 e. The molecule has 0 N–H and O–H groups in total. The van der Waals surface area contributed by atoms with Crippen LogP contribution in [-0.2, 0) is 12.8 Å². The predicted molar refractivity (Wildman–Crippen MR) is 157 cm³/mol. The Morgan fingerprint density at radius 1 is 0.417 bits per heavy atom. The van der Waals surface area contributed by atoms with E-state index in [2.05, 4.69) is 135 Å². The van der Waals surface area contributed by atoms with E-state index in [0.29, 0.717) is 0 Å². The molecule has 0 atom stereocenters. The Hall–Kier alpha value is -4.16. The lowest BCUT2D eigenvalue weighted by Gasteiger charge is -2.23. The Bertz CT molecular complexity index is 1550. The van der Waals surface area contributed by atoms with Crippen LogP contribution >= 0.6 is 0 Å². The van der Waals surface area contributed by atoms with Gasteiger partial charge in [0.1, 0.15) is 0 Å². The molecule has 0 saturated carbocycles. The fourth-order valence-corrected chi connectivity index (χ4v) is 5.84. The van der Waals surface area contributed by atoms with Crippen LogP contribution in [0.1, 0.15) is 25.0 Å². The average Bonchev–Trinajstić information content (AvgIpc) is 2.96. The zero-order chi connectivity index (χ0) is 24.5. The van der Waals surface area contributed by atoms with E-state index in [-0.39, 0.29) is 0 Å². The van der Waals surface area contributed by atoms with Crippen molar-refractivity contribution in [3.8, 4) is 33.4 Å². The highest BCUT2D eigenvalue weighted by Crippen LogP contribution is 2.46. The Labute approximate surface area is 213 Å². The highest BCUT2D eigenvalue weighted by Gasteiger charge is 2.21. The van der Waals surface area contributed by atoms with Crippen LogP contribution in [0.4, 0.5) is 0 Å². The van der Waals surface area contributed by atoms with Crippen LogP contribution in [0.25, 0.3) is 54.9 Å². The third-order valence-corrected chi connectivity index (χ3v) is 7.44. The number of hydrogen-bond donors (Lipinski definition) is 0. The quantitative estimate of drug-likeness (QED) is 0.239. The van der Waals surface area contributed by atoms with Gasteiger partial charge in [-0.05, 0) is 91.0 Å². The number of rotatable bonds is 5. The van der Waals surface area contributed by atoms with E-state index < -0.39 is 0 Å². The zero-order valence-corrected chi connectivity index (χ0v) is 21.0. The smallest absolute Gasteiger partial charge is 0.00580 e. The van der Waals surface area contributed by atoms with Crippen molar-refractivity contribution in [2.75, 3.05) is 0 Å². The van der Waals surface area contributed by atoms with Crippen LogP contribution in [0.2, 0.25) is 0 Å². The Morgan fingerprint density at radius 2 is 0.778 bits per heavy atom. The molecule has 0 saturated heterocycles. The molecular formula is C36H30. The maximum Gasteiger partial charge on any atom is -0.00580 e. The molecule has 0 heterocycles. The standard InChI is InChI=1S/C36H30/c1-3-29-33(25-15-7-5-8-16-25)23-27-19-11-13-21-31(27)35(29)36-30(4-2)34(26-17-9-6-10-18-26)24-28-20-12-14-22-32(28)36/h5-24H,3-4H2,1-2H3. The molecule has 36 heavy (non-hydrogen) atoms. The van der Waals surface area contributed by atoms with Gasteiger partial charge in [-0.15, -0.1) is 0 Å². The molecule has 0 nitrogen and oxygen atoms in total. The van der Waals surface area contributed by atoms with Gasteiger partial charge < -0.3 is 0 Å². The monoisotopic (exact) mass is 462 g/mol. The molecule has 0 spiro atoms. The first-order chi connectivity index (χ1) is 17.8. The summed E-state index contributed by atoms with van der Waals surface area (Å²) < 4.78 is 0. The van der Waals surface area contributed by atoms with Crippen molar-refractivity contribution in [1.29, 1.82) is 0 Å². The number of fused-ring (bicyclic) bond motifs is 2. The van der Waals surface area contributed by atoms with E-state index in [1.165, 1.54) is 66.1 Å². The second-order valence-corrected chi connectivity index (χ2v) is 9.44. The molecule has 6 aromatic carbocycles. The van der Waals surface area contributed by atoms with Gasteiger partial charge in [0.25, 0.3) is 0 Å². The van der Waals surface area contributed by atoms with Gasteiger partial charge in [-0.1, -0.05) is 123 Å². The third kappa shape index (κ3) is 3.71. The molecule has 0 aromatic heterocycles. The minimum Gasteiger partial charge on any atom is -0.0622 e. The van der Waals surface area contributed by atoms with Crippen LogP contribution in [0.15, 0.2) is 121 Å². The summed E-state index contributed by atoms with van der Waals surface area (Å²) >= 11 is 0. The molecule has 6 aromatic rings. The molecule has 0 bridgehead atoms. The molecule has 0 aliphatic heterocycles. The van der Waals surface area contributed by atoms with Gasteiger partial charge >= 0.3 is 0 Å². The van der Waals surface area contributed by atoms with Gasteiger partial charge in [0, 0.05) is 0 Å². The minimum absolute atomic E-state index is 0.970. The maximum atomic E-state index is 2.39. The second kappa shape index (κ2) is 9.47. The summed E-state index contributed by atoms with van der Waals surface area (Å²) in [4.78, 5) is 0. The summed E-state index contributed by atoms with van der Waals surface area (Å²) in [6.07, 6.45) is 1.94. The lowest BCUT2D eigenvalue weighted by molar-refractivity contribution is 1.13. The fourth-order valence-electron chi connectivity index (χ4n) is 5.84. The Balaban J connectivity index is 1.82. The Morgan fingerprint density at radius 3 is 1.17 bits per heavy atom. The van der Waals surface area contributed by atoms with Crippen molar-refractivity contribution in [1.82, 2.24) is 0 Å². The molecule has 6 rings (SSSR count). The molecule has 0 radical (unpaired) electrons. The topological polar surface area (TPSA) is 0 Å². The van der Waals surface area contributed by atoms with Gasteiger partial charge in [-0.3, -0.25) is 0 Å². The highest BCUT2D eigenvalue weighted by atomic mass is 14.2. The van der Waals surface area contributed by atoms with Crippen molar-refractivity contribution in [2.45, 2.75) is 26.7 Å². The lowest BCUT2D eigenvalue weighted by Crippen LogP contribution is -2.00. The van der Waals surface area contributed by atoms with E-state index >= 15 is 0 Å². The molecular weight excluding hydrogens is 432 g/mol. The summed E-state index contributed by atoms with van der Waals surface area (Å²) in [5, 5.41) is 5.25. The van der Waals surface area contributed by atoms with Crippen molar-refractivity contribution in [3.63, 3.8) is 0 Å². The first-order valence-electron chi connectivity index (χ1n) is 13.0. The van der Waals surface area contributed by atoms with Crippen LogP contribution in [0.5, 0.6) is 0 Å². The third-order valence-electron chi connectivity index (χ3n) is 7.44. The maximum absolute atomic E-state index is 2.39. The first-order valence-corrected chi connectivity index (χ1v) is 13.0. The molecule has 0 unspecified atom stereocenters. The molecule has 0 fully saturated rings. The SMILES string of the molecule is CCc1c(-c2ccccc2)cc2ccccc2c1-c1c(CC)c(-c2ccccc2)cc2ccccc12. The van der Waals surface area contributed by atoms with Crippen molar-refractivity contribution < 1.29 is 0 Å². The van der Waals surface area contributed by atoms with Gasteiger partial charge in [0.15, 0.2) is 0 Å². The van der Waals surface area contributed by atoms with Gasteiger partial charge in [0.2, 0.25) is 0 Å². The van der Waals surface area contributed by atoms with Crippen LogP contribution < -0.4 is 0 Å². The summed E-state index contributed by atoms with van der Waals surface area (Å²) in [5.41, 5.74) is 10.9. The van der Waals surface area contributed by atoms with Crippen molar-refractivity contribution in [3.05, 3.63) is 132 Å². The summed E-state index contributed by atoms with van der Waals surface area (Å²) in [7, 11) is 0. The zero-order valence-electron chi connectivity index (χ0n) is 21.0. The van der Waals surface area contributed by atoms with Crippen molar-refractivity contribution in [2.24, 2.45) is 0 Å². The van der Waals surface area contributed by atoms with Crippen LogP contribution in [-0.4, -0.2) is 0 Å². The molecule has 0 amide bonds. The van der Waals surface area contributed by atoms with Gasteiger partial charge in [-0.25, -0.2) is 0 Å². The van der Waals surface area contributed by atoms with Crippen LogP contribution in [0.3, 0.4) is 0 Å². The Kier molecular flexibility index (Phi) is 5.87. The lowest BCUT2D eigenvalue weighted by atomic mass is 9.80. The van der Waals surface area contributed by atoms with Crippen molar-refractivity contribution >= 4 is 21.5 Å². The predicted octanol–water partition coefficient (Wildman–Crippen LogP) is 10.1. The minimum atomic E-state index is 0.970. The first kappa shape index (κ1) is 22.3. The molecule has 0 aliphatic rings. The van der Waals surface area contributed by atoms with E-state index in [0.717, 1.165) is 12.8 Å². The highest BCUT2D eigenvalue weighted by molar-refractivity contribution is 6.11. The normalized spacial score (nSPS) is 11.3. The summed E-state index contributed by atoms with van der Waals surface area (Å²) in [6, 6.07) is 44.4. The molecule has 0 heteroatoms. The molecule has 0 aliphatic carbocycles. The van der Waals surface area contributed by atoms with Gasteiger partial charge in [-0.2, -0.15) is 0 Å². The summed E-state index contributed by atoms with van der Waals surface area (Å²) in [6.45, 7) is 4.60. The summed E-state index contributed by atoms with van der Waals surface area (Å²) in [5.74, 6) is 0. The van der Waals surface area contributed by atoms with E-state index in [9.17, 15) is 0 Å². The van der Waals surface area contributed by atoms with E-state index in [4.69, 9.17) is 0 Å². The fraction of sp³-hybridized carbons (Fsp3) is 0.111.